The Hall–Kier alpha value is -5.68. The Labute approximate surface area is 348 Å². The van der Waals surface area contributed by atoms with Crippen molar-refractivity contribution in [1.29, 1.82) is 0 Å². The normalized spacial score (nSPS) is 19.6. The van der Waals surface area contributed by atoms with Gasteiger partial charge in [0.1, 0.15) is 22.6 Å². The van der Waals surface area contributed by atoms with E-state index in [0.29, 0.717) is 35.9 Å². The highest BCUT2D eigenvalue weighted by atomic mass is 35.5. The number of rotatable bonds is 15. The van der Waals surface area contributed by atoms with Gasteiger partial charge in [0.05, 0.1) is 30.1 Å². The number of ether oxygens (including phenoxy) is 4. The molecule has 1 aliphatic carbocycles. The van der Waals surface area contributed by atoms with E-state index in [0.717, 1.165) is 57.3 Å². The van der Waals surface area contributed by atoms with Gasteiger partial charge in [0.25, 0.3) is 18.0 Å². The molecular formula is C41H43ClN6O10S. The summed E-state index contributed by atoms with van der Waals surface area (Å²) in [4.78, 5) is 82.5. The second-order valence-electron chi connectivity index (χ2n) is 14.5. The zero-order valence-electron chi connectivity index (χ0n) is 32.8. The Kier molecular flexibility index (Phi) is 12.7. The fraction of sp³-hybridized carbons (Fsp3) is 0.439. The number of nitrogens with zero attached hydrogens (tertiary/aromatic N) is 5. The molecule has 1 fully saturated rings. The SMILES string of the molecule is Cc1sc2c(c1C)C(C1C=CC(Cl)=CC1)=N[C@@H](OC(=O)OCCCCCCCCOC(=O)COc1cccc3c1C(=O)N(C1CCC(=O)NC1=O)C3=O)c1nnc(C)n1-2. The third-order valence-corrected chi connectivity index (χ3v) is 12.0. The number of aryl methyl sites for hydroxylation is 2. The molecule has 310 valence electrons. The van der Waals surface area contributed by atoms with Crippen molar-refractivity contribution in [3.63, 3.8) is 0 Å². The summed E-state index contributed by atoms with van der Waals surface area (Å²) in [6, 6.07) is 3.31. The van der Waals surface area contributed by atoms with Crippen LogP contribution in [0.5, 0.6) is 5.75 Å². The van der Waals surface area contributed by atoms with E-state index in [1.54, 1.807) is 11.3 Å². The van der Waals surface area contributed by atoms with Crippen LogP contribution in [0.25, 0.3) is 5.00 Å². The van der Waals surface area contributed by atoms with Crippen LogP contribution in [0.1, 0.15) is 112 Å². The molecule has 1 saturated heterocycles. The van der Waals surface area contributed by atoms with Crippen LogP contribution in [-0.4, -0.2) is 87.0 Å². The number of esters is 1. The van der Waals surface area contributed by atoms with Gasteiger partial charge in [-0.25, -0.2) is 14.6 Å². The zero-order chi connectivity index (χ0) is 41.8. The van der Waals surface area contributed by atoms with Crippen molar-refractivity contribution in [2.45, 2.75) is 90.8 Å². The minimum atomic E-state index is -1.11. The first-order chi connectivity index (χ1) is 28.4. The third kappa shape index (κ3) is 8.85. The van der Waals surface area contributed by atoms with Gasteiger partial charge in [-0.1, -0.05) is 55.5 Å². The number of hydrogen-bond acceptors (Lipinski definition) is 14. The number of nitrogens with one attached hydrogen (secondary N) is 1. The summed E-state index contributed by atoms with van der Waals surface area (Å²) in [7, 11) is 0. The van der Waals surface area contributed by atoms with Crippen molar-refractivity contribution in [3.05, 3.63) is 80.2 Å². The summed E-state index contributed by atoms with van der Waals surface area (Å²) in [5, 5.41) is 12.4. The smallest absolute Gasteiger partial charge is 0.481 e. The molecule has 0 spiro atoms. The lowest BCUT2D eigenvalue weighted by atomic mass is 9.89. The lowest BCUT2D eigenvalue weighted by molar-refractivity contribution is -0.146. The monoisotopic (exact) mass is 846 g/mol. The van der Waals surface area contributed by atoms with Gasteiger partial charge in [-0.2, -0.15) is 0 Å². The molecule has 4 amide bonds. The van der Waals surface area contributed by atoms with Crippen LogP contribution in [0.2, 0.25) is 0 Å². The highest BCUT2D eigenvalue weighted by Crippen LogP contribution is 2.41. The van der Waals surface area contributed by atoms with Crippen molar-refractivity contribution in [3.8, 4) is 10.8 Å². The van der Waals surface area contributed by atoms with E-state index in [2.05, 4.69) is 29.4 Å². The topological polar surface area (TPSA) is 198 Å². The Morgan fingerprint density at radius 3 is 2.42 bits per heavy atom. The predicted octanol–water partition coefficient (Wildman–Crippen LogP) is 6.27. The molecule has 7 rings (SSSR count). The van der Waals surface area contributed by atoms with Crippen LogP contribution in [-0.2, 0) is 28.6 Å². The second-order valence-corrected chi connectivity index (χ2v) is 16.2. The highest BCUT2D eigenvalue weighted by molar-refractivity contribution is 7.15. The number of aliphatic imine (C=N–C) groups is 1. The molecule has 0 radical (unpaired) electrons. The van der Waals surface area contributed by atoms with Crippen LogP contribution < -0.4 is 10.1 Å². The lowest BCUT2D eigenvalue weighted by Gasteiger charge is -2.27. The number of piperidine rings is 1. The van der Waals surface area contributed by atoms with Crippen LogP contribution in [0.3, 0.4) is 0 Å². The molecule has 2 aromatic heterocycles. The first-order valence-electron chi connectivity index (χ1n) is 19.5. The van der Waals surface area contributed by atoms with Gasteiger partial charge >= 0.3 is 12.1 Å². The number of carbonyl (C=O) groups is 6. The van der Waals surface area contributed by atoms with Crippen molar-refractivity contribution >= 4 is 64.4 Å². The molecule has 0 saturated carbocycles. The van der Waals surface area contributed by atoms with Crippen LogP contribution in [0.15, 0.2) is 46.5 Å². The van der Waals surface area contributed by atoms with E-state index in [1.807, 2.05) is 29.7 Å². The summed E-state index contributed by atoms with van der Waals surface area (Å²) in [6.45, 7) is 5.86. The third-order valence-electron chi connectivity index (χ3n) is 10.6. The second kappa shape index (κ2) is 18.1. The van der Waals surface area contributed by atoms with E-state index >= 15 is 0 Å². The number of imide groups is 2. The number of unbranched alkanes of at least 4 members (excludes halogenated alkanes) is 5. The van der Waals surface area contributed by atoms with Crippen LogP contribution >= 0.6 is 22.9 Å². The molecule has 3 aromatic rings. The molecular weight excluding hydrogens is 804 g/mol. The molecule has 18 heteroatoms. The molecule has 3 atom stereocenters. The Bertz CT molecular complexity index is 2300. The van der Waals surface area contributed by atoms with Crippen molar-refractivity contribution < 1.29 is 47.7 Å². The van der Waals surface area contributed by atoms with Crippen molar-refractivity contribution in [2.24, 2.45) is 10.9 Å². The number of benzene rings is 1. The minimum Gasteiger partial charge on any atom is -0.481 e. The zero-order valence-corrected chi connectivity index (χ0v) is 34.4. The van der Waals surface area contributed by atoms with Gasteiger partial charge < -0.3 is 18.9 Å². The van der Waals surface area contributed by atoms with Crippen molar-refractivity contribution in [1.82, 2.24) is 25.0 Å². The van der Waals surface area contributed by atoms with Gasteiger partial charge in [-0.15, -0.1) is 21.5 Å². The number of amides is 4. The summed E-state index contributed by atoms with van der Waals surface area (Å²) in [5.74, 6) is -2.21. The largest absolute Gasteiger partial charge is 0.510 e. The number of hydrogen-bond donors (Lipinski definition) is 1. The van der Waals surface area contributed by atoms with Crippen molar-refractivity contribution in [2.75, 3.05) is 19.8 Å². The van der Waals surface area contributed by atoms with E-state index in [-0.39, 0.29) is 48.8 Å². The number of fused-ring (bicyclic) bond motifs is 4. The maximum absolute atomic E-state index is 13.2. The molecule has 1 N–H and O–H groups in total. The van der Waals surface area contributed by atoms with Gasteiger partial charge in [0.15, 0.2) is 6.61 Å². The van der Waals surface area contributed by atoms with E-state index < -0.39 is 54.6 Å². The standard InChI is InChI=1S/C41H43ClN6O10S/c1-22-23(2)59-40-32(22)34(25-13-15-26(42)16-14-25)44-37(35-46-45-24(3)47(35)40)58-41(54)56-20-9-7-5-4-6-8-19-55-31(50)21-57-29-12-10-11-27-33(29)39(53)48(38(27)52)28-17-18-30(49)43-36(28)51/h10-13,15-16,25,28,37H,4-9,14,17-21H2,1-3H3,(H,43,49,51)/t25?,28?,37-/m0/s1. The first-order valence-corrected chi connectivity index (χ1v) is 20.7. The maximum atomic E-state index is 13.2. The average Bonchev–Trinajstić information content (AvgIpc) is 3.79. The maximum Gasteiger partial charge on any atom is 0.510 e. The Balaban J connectivity index is 0.807. The molecule has 0 bridgehead atoms. The lowest BCUT2D eigenvalue weighted by Crippen LogP contribution is -2.54. The van der Waals surface area contributed by atoms with E-state index in [4.69, 9.17) is 35.5 Å². The summed E-state index contributed by atoms with van der Waals surface area (Å²) < 4.78 is 24.0. The summed E-state index contributed by atoms with van der Waals surface area (Å²) in [6.07, 6.45) is 9.25. The highest BCUT2D eigenvalue weighted by Gasteiger charge is 2.46. The predicted molar refractivity (Wildman–Crippen MR) is 214 cm³/mol. The number of allylic oxidation sites excluding steroid dienone is 4. The Morgan fingerprint density at radius 2 is 1.69 bits per heavy atom. The van der Waals surface area contributed by atoms with Gasteiger partial charge in [-0.3, -0.25) is 34.0 Å². The van der Waals surface area contributed by atoms with Crippen LogP contribution in [0.4, 0.5) is 4.79 Å². The summed E-state index contributed by atoms with van der Waals surface area (Å²) in [5.41, 5.74) is 2.88. The Morgan fingerprint density at radius 1 is 0.949 bits per heavy atom. The molecule has 5 heterocycles. The van der Waals surface area contributed by atoms with Gasteiger partial charge in [0.2, 0.25) is 17.6 Å². The van der Waals surface area contributed by atoms with Gasteiger partial charge in [0, 0.05) is 27.8 Å². The number of aromatic nitrogens is 3. The van der Waals surface area contributed by atoms with Gasteiger partial charge in [-0.05, 0) is 70.2 Å². The molecule has 1 aromatic carbocycles. The van der Waals surface area contributed by atoms with E-state index in [9.17, 15) is 28.8 Å². The molecule has 16 nitrogen and oxygen atoms in total. The number of thiophene rings is 1. The molecule has 2 unspecified atom stereocenters. The first kappa shape index (κ1) is 41.5. The molecule has 4 aliphatic rings. The number of carbonyl (C=O) groups excluding carboxylic acids is 6. The quantitative estimate of drug-likeness (QED) is 0.102. The molecule has 59 heavy (non-hydrogen) atoms. The van der Waals surface area contributed by atoms with Crippen LogP contribution in [0, 0.1) is 26.7 Å². The van der Waals surface area contributed by atoms with E-state index in [1.165, 1.54) is 18.2 Å². The fourth-order valence-electron chi connectivity index (χ4n) is 7.42. The number of halogens is 1. The average molecular weight is 847 g/mol. The fourth-order valence-corrected chi connectivity index (χ4v) is 8.81. The summed E-state index contributed by atoms with van der Waals surface area (Å²) >= 11 is 7.85. The minimum absolute atomic E-state index is 0.00318. The molecule has 3 aliphatic heterocycles.